The molecule has 2 aliphatic rings. The Morgan fingerprint density at radius 2 is 1.77 bits per heavy atom. The topological polar surface area (TPSA) is 86.8 Å². The lowest BCUT2D eigenvalue weighted by Gasteiger charge is -2.44. The van der Waals surface area contributed by atoms with Crippen molar-refractivity contribution in [2.24, 2.45) is 0 Å². The molecular formula is C18H19N3O4S. The fourth-order valence-electron chi connectivity index (χ4n) is 3.56. The summed E-state index contributed by atoms with van der Waals surface area (Å²) in [6.07, 6.45) is 0. The van der Waals surface area contributed by atoms with E-state index in [4.69, 9.17) is 0 Å². The van der Waals surface area contributed by atoms with Crippen LogP contribution >= 0.6 is 0 Å². The van der Waals surface area contributed by atoms with Crippen LogP contribution in [0.3, 0.4) is 0 Å². The van der Waals surface area contributed by atoms with Gasteiger partial charge in [-0.2, -0.15) is 4.31 Å². The Kier molecular flexibility index (Phi) is 3.96. The number of carbonyl (C=O) groups excluding carboxylic acids is 2. The maximum Gasteiger partial charge on any atom is 0.245 e. The Morgan fingerprint density at radius 1 is 1.04 bits per heavy atom. The molecule has 4 rings (SSSR count). The van der Waals surface area contributed by atoms with E-state index >= 15 is 0 Å². The molecule has 2 amide bonds. The van der Waals surface area contributed by atoms with E-state index in [1.54, 1.807) is 25.1 Å². The maximum atomic E-state index is 13.0. The zero-order valence-corrected chi connectivity index (χ0v) is 15.1. The Bertz CT molecular complexity index is 1000. The Balaban J connectivity index is 1.64. The zero-order valence-electron chi connectivity index (χ0n) is 14.3. The maximum absolute atomic E-state index is 13.0. The Hall–Kier alpha value is -2.45. The number of sulfonamides is 1. The highest BCUT2D eigenvalue weighted by molar-refractivity contribution is 7.89. The lowest BCUT2D eigenvalue weighted by atomic mass is 10.1. The summed E-state index contributed by atoms with van der Waals surface area (Å²) in [5.41, 5.74) is 0. The van der Waals surface area contributed by atoms with Crippen molar-refractivity contribution in [3.8, 4) is 0 Å². The minimum Gasteiger partial charge on any atom is -0.343 e. The van der Waals surface area contributed by atoms with Crippen molar-refractivity contribution >= 4 is 32.6 Å². The molecule has 8 heteroatoms. The fraction of sp³-hybridized carbons (Fsp3) is 0.333. The highest BCUT2D eigenvalue weighted by atomic mass is 32.2. The van der Waals surface area contributed by atoms with Crippen LogP contribution in [-0.4, -0.2) is 61.2 Å². The van der Waals surface area contributed by atoms with Crippen molar-refractivity contribution in [1.82, 2.24) is 14.5 Å². The zero-order chi connectivity index (χ0) is 18.5. The number of rotatable bonds is 2. The lowest BCUT2D eigenvalue weighted by molar-refractivity contribution is -0.151. The van der Waals surface area contributed by atoms with Gasteiger partial charge in [-0.15, -0.1) is 0 Å². The minimum absolute atomic E-state index is 0.0283. The molecule has 0 aliphatic carbocycles. The van der Waals surface area contributed by atoms with E-state index in [2.05, 4.69) is 5.32 Å². The van der Waals surface area contributed by atoms with Gasteiger partial charge >= 0.3 is 0 Å². The number of carbonyl (C=O) groups is 2. The molecule has 2 aromatic carbocycles. The van der Waals surface area contributed by atoms with Crippen molar-refractivity contribution in [2.45, 2.75) is 23.9 Å². The van der Waals surface area contributed by atoms with Crippen LogP contribution in [0.1, 0.15) is 6.92 Å². The molecule has 1 N–H and O–H groups in total. The number of benzene rings is 2. The number of amides is 2. The SMILES string of the molecule is C[C@H]1NC(=O)[C@H]2CN(S(=O)(=O)c3ccc4ccccc4c3)CCN2C1=O. The average molecular weight is 373 g/mol. The largest absolute Gasteiger partial charge is 0.343 e. The third-order valence-corrected chi connectivity index (χ3v) is 6.88. The summed E-state index contributed by atoms with van der Waals surface area (Å²) in [5.74, 6) is -0.479. The van der Waals surface area contributed by atoms with E-state index in [0.29, 0.717) is 0 Å². The second-order valence-corrected chi connectivity index (χ2v) is 8.59. The predicted molar refractivity (Wildman–Crippen MR) is 95.8 cm³/mol. The van der Waals surface area contributed by atoms with E-state index < -0.39 is 22.1 Å². The van der Waals surface area contributed by atoms with Crippen molar-refractivity contribution < 1.29 is 18.0 Å². The number of nitrogens with zero attached hydrogens (tertiary/aromatic N) is 2. The first-order valence-corrected chi connectivity index (χ1v) is 9.92. The smallest absolute Gasteiger partial charge is 0.245 e. The second-order valence-electron chi connectivity index (χ2n) is 6.65. The molecule has 136 valence electrons. The van der Waals surface area contributed by atoms with Gasteiger partial charge in [0.2, 0.25) is 21.8 Å². The number of fused-ring (bicyclic) bond motifs is 2. The van der Waals surface area contributed by atoms with Gasteiger partial charge in [-0.3, -0.25) is 9.59 Å². The van der Waals surface area contributed by atoms with Gasteiger partial charge in [0, 0.05) is 19.6 Å². The molecule has 2 aliphatic heterocycles. The molecule has 0 saturated carbocycles. The third kappa shape index (κ3) is 2.65. The molecule has 2 aromatic rings. The molecule has 2 heterocycles. The van der Waals surface area contributed by atoms with E-state index in [1.165, 1.54) is 9.21 Å². The summed E-state index contributed by atoms with van der Waals surface area (Å²) in [6.45, 7) is 2.00. The van der Waals surface area contributed by atoms with Crippen LogP contribution in [0.2, 0.25) is 0 Å². The van der Waals surface area contributed by atoms with Gasteiger partial charge in [0.15, 0.2) is 0 Å². The van der Waals surface area contributed by atoms with E-state index in [9.17, 15) is 18.0 Å². The summed E-state index contributed by atoms with van der Waals surface area (Å²) >= 11 is 0. The van der Waals surface area contributed by atoms with Crippen LogP contribution in [-0.2, 0) is 19.6 Å². The predicted octanol–water partition coefficient (Wildman–Crippen LogP) is 0.560. The van der Waals surface area contributed by atoms with Gasteiger partial charge in [0.05, 0.1) is 4.90 Å². The van der Waals surface area contributed by atoms with Gasteiger partial charge in [-0.25, -0.2) is 8.42 Å². The van der Waals surface area contributed by atoms with E-state index in [1.807, 2.05) is 24.3 Å². The molecule has 0 radical (unpaired) electrons. The minimum atomic E-state index is -3.74. The molecule has 0 bridgehead atoms. The standard InChI is InChI=1S/C18H19N3O4S/c1-12-18(23)21-9-8-20(11-16(21)17(22)19-12)26(24,25)15-7-6-13-4-2-3-5-14(13)10-15/h2-7,10,12,16H,8-9,11H2,1H3,(H,19,22)/t12-,16-/m1/s1. The Labute approximate surface area is 151 Å². The summed E-state index contributed by atoms with van der Waals surface area (Å²) in [6, 6.07) is 11.2. The molecule has 7 nitrogen and oxygen atoms in total. The monoisotopic (exact) mass is 373 g/mol. The van der Waals surface area contributed by atoms with Crippen LogP contribution < -0.4 is 5.32 Å². The molecule has 0 spiro atoms. The van der Waals surface area contributed by atoms with Crippen molar-refractivity contribution in [3.05, 3.63) is 42.5 Å². The molecule has 0 unspecified atom stereocenters. The van der Waals surface area contributed by atoms with E-state index in [-0.39, 0.29) is 36.3 Å². The van der Waals surface area contributed by atoms with Crippen molar-refractivity contribution in [1.29, 1.82) is 0 Å². The summed E-state index contributed by atoms with van der Waals surface area (Å²) < 4.78 is 27.4. The van der Waals surface area contributed by atoms with Gasteiger partial charge in [-0.1, -0.05) is 30.3 Å². The first-order valence-electron chi connectivity index (χ1n) is 8.48. The normalized spacial score (nSPS) is 24.4. The molecular weight excluding hydrogens is 354 g/mol. The quantitative estimate of drug-likeness (QED) is 0.833. The summed E-state index contributed by atoms with van der Waals surface area (Å²) in [7, 11) is -3.74. The van der Waals surface area contributed by atoms with Gasteiger partial charge < -0.3 is 10.2 Å². The molecule has 2 atom stereocenters. The van der Waals surface area contributed by atoms with Gasteiger partial charge in [-0.05, 0) is 29.8 Å². The average Bonchev–Trinajstić information content (AvgIpc) is 2.65. The van der Waals surface area contributed by atoms with Crippen LogP contribution in [0.5, 0.6) is 0 Å². The van der Waals surface area contributed by atoms with Crippen LogP contribution in [0, 0.1) is 0 Å². The molecule has 0 aromatic heterocycles. The second kappa shape index (κ2) is 6.07. The van der Waals surface area contributed by atoms with Gasteiger partial charge in [0.1, 0.15) is 12.1 Å². The first kappa shape index (κ1) is 17.0. The number of hydrogen-bond donors (Lipinski definition) is 1. The van der Waals surface area contributed by atoms with Crippen LogP contribution in [0.4, 0.5) is 0 Å². The molecule has 2 fully saturated rings. The van der Waals surface area contributed by atoms with Crippen molar-refractivity contribution in [3.63, 3.8) is 0 Å². The van der Waals surface area contributed by atoms with Gasteiger partial charge in [0.25, 0.3) is 0 Å². The van der Waals surface area contributed by atoms with Crippen LogP contribution in [0.25, 0.3) is 10.8 Å². The highest BCUT2D eigenvalue weighted by Crippen LogP contribution is 2.25. The van der Waals surface area contributed by atoms with E-state index in [0.717, 1.165) is 10.8 Å². The third-order valence-electron chi connectivity index (χ3n) is 5.02. The number of hydrogen-bond acceptors (Lipinski definition) is 4. The van der Waals surface area contributed by atoms with Crippen molar-refractivity contribution in [2.75, 3.05) is 19.6 Å². The molecule has 26 heavy (non-hydrogen) atoms. The summed E-state index contributed by atoms with van der Waals surface area (Å²) in [5, 5.41) is 4.41. The number of nitrogens with one attached hydrogen (secondary N) is 1. The fourth-order valence-corrected chi connectivity index (χ4v) is 5.03. The number of piperazine rings is 2. The first-order chi connectivity index (χ1) is 12.4. The molecule has 2 saturated heterocycles. The summed E-state index contributed by atoms with van der Waals surface area (Å²) in [4.78, 5) is 26.1. The lowest BCUT2D eigenvalue weighted by Crippen LogP contribution is -2.69. The highest BCUT2D eigenvalue weighted by Gasteiger charge is 2.44. The van der Waals surface area contributed by atoms with Crippen LogP contribution in [0.15, 0.2) is 47.4 Å². The Morgan fingerprint density at radius 3 is 2.54 bits per heavy atom.